The number of methoxy groups -OCH3 is 1. The third-order valence-corrected chi connectivity index (χ3v) is 5.58. The van der Waals surface area contributed by atoms with E-state index in [1.54, 1.807) is 12.1 Å². The summed E-state index contributed by atoms with van der Waals surface area (Å²) >= 11 is 6.08. The average molecular weight is 447 g/mol. The minimum atomic E-state index is -0.506. The Morgan fingerprint density at radius 3 is 2.47 bits per heavy atom. The number of benzene rings is 3. The number of para-hydroxylation sites is 2. The lowest BCUT2D eigenvalue weighted by Crippen LogP contribution is -2.29. The quantitative estimate of drug-likeness (QED) is 0.624. The van der Waals surface area contributed by atoms with Crippen molar-refractivity contribution >= 4 is 23.3 Å². The van der Waals surface area contributed by atoms with E-state index < -0.39 is 5.97 Å². The van der Waals surface area contributed by atoms with Crippen LogP contribution in [0.2, 0.25) is 5.02 Å². The number of ether oxygens (including phenoxy) is 1. The first-order valence-corrected chi connectivity index (χ1v) is 10.4. The van der Waals surface area contributed by atoms with Crippen molar-refractivity contribution in [1.82, 2.24) is 5.59 Å². The van der Waals surface area contributed by atoms with E-state index in [1.807, 2.05) is 72.8 Å². The molecule has 0 amide bonds. The van der Waals surface area contributed by atoms with Gasteiger partial charge in [0.2, 0.25) is 0 Å². The number of fused-ring (bicyclic) bond motifs is 1. The molecule has 1 unspecified atom stereocenters. The van der Waals surface area contributed by atoms with Gasteiger partial charge in [-0.1, -0.05) is 41.5 Å². The van der Waals surface area contributed by atoms with Crippen LogP contribution >= 0.6 is 11.6 Å². The van der Waals surface area contributed by atoms with Crippen LogP contribution in [0.4, 0.5) is 5.69 Å². The SMILES string of the molecule is COc1ccc(N2NOC(=O)/C2=C2/CC(c3ccc(Cl)cc3)N=c3ccccc3=N2)cc1. The Morgan fingerprint density at radius 2 is 1.75 bits per heavy atom. The summed E-state index contributed by atoms with van der Waals surface area (Å²) in [7, 11) is 1.60. The van der Waals surface area contributed by atoms with E-state index in [0.717, 1.165) is 10.9 Å². The zero-order valence-corrected chi connectivity index (χ0v) is 17.9. The highest BCUT2D eigenvalue weighted by molar-refractivity contribution is 6.30. The molecule has 1 N–H and O–H groups in total. The Kier molecular flexibility index (Phi) is 5.34. The number of rotatable bonds is 3. The second-order valence-corrected chi connectivity index (χ2v) is 7.75. The maximum atomic E-state index is 12.8. The van der Waals surface area contributed by atoms with Crippen molar-refractivity contribution in [3.63, 3.8) is 0 Å². The number of carbonyl (C=O) groups excluding carboxylic acids is 1. The van der Waals surface area contributed by atoms with Crippen molar-refractivity contribution in [2.45, 2.75) is 12.5 Å². The highest BCUT2D eigenvalue weighted by Crippen LogP contribution is 2.33. The maximum absolute atomic E-state index is 12.8. The summed E-state index contributed by atoms with van der Waals surface area (Å²) in [6.45, 7) is 0. The number of carbonyl (C=O) groups is 1. The third-order valence-electron chi connectivity index (χ3n) is 5.32. The van der Waals surface area contributed by atoms with E-state index in [1.165, 1.54) is 0 Å². The number of hydrazine groups is 1. The smallest absolute Gasteiger partial charge is 0.378 e. The number of nitrogens with zero attached hydrogens (tertiary/aromatic N) is 3. The molecule has 2 aliphatic rings. The van der Waals surface area contributed by atoms with Gasteiger partial charge in [0.05, 0.1) is 35.3 Å². The van der Waals surface area contributed by atoms with Gasteiger partial charge in [-0.15, -0.1) is 0 Å². The molecule has 0 saturated carbocycles. The molecule has 7 nitrogen and oxygen atoms in total. The van der Waals surface area contributed by atoms with Crippen molar-refractivity contribution < 1.29 is 14.4 Å². The predicted molar refractivity (Wildman–Crippen MR) is 119 cm³/mol. The second kappa shape index (κ2) is 8.45. The molecule has 2 aliphatic heterocycles. The Morgan fingerprint density at radius 1 is 1.03 bits per heavy atom. The summed E-state index contributed by atoms with van der Waals surface area (Å²) < 4.78 is 5.23. The average Bonchev–Trinajstić information content (AvgIpc) is 3.10. The highest BCUT2D eigenvalue weighted by Gasteiger charge is 2.34. The van der Waals surface area contributed by atoms with Gasteiger partial charge in [0.1, 0.15) is 5.75 Å². The van der Waals surface area contributed by atoms with Gasteiger partial charge < -0.3 is 9.57 Å². The van der Waals surface area contributed by atoms with Gasteiger partial charge in [-0.3, -0.25) is 4.99 Å². The monoisotopic (exact) mass is 446 g/mol. The van der Waals surface area contributed by atoms with Gasteiger partial charge in [-0.05, 0) is 54.1 Å². The normalized spacial score (nSPS) is 20.0. The van der Waals surface area contributed by atoms with Crippen molar-refractivity contribution in [2.75, 3.05) is 12.1 Å². The topological polar surface area (TPSA) is 75.5 Å². The van der Waals surface area contributed by atoms with Crippen LogP contribution in [-0.4, -0.2) is 13.1 Å². The van der Waals surface area contributed by atoms with Gasteiger partial charge >= 0.3 is 5.97 Å². The minimum absolute atomic E-state index is 0.242. The van der Waals surface area contributed by atoms with Gasteiger partial charge in [0.15, 0.2) is 5.70 Å². The van der Waals surface area contributed by atoms with Gasteiger partial charge in [-0.25, -0.2) is 14.8 Å². The lowest BCUT2D eigenvalue weighted by molar-refractivity contribution is -0.140. The number of hydrogen-bond acceptors (Lipinski definition) is 7. The van der Waals surface area contributed by atoms with Crippen LogP contribution in [0, 0.1) is 0 Å². The van der Waals surface area contributed by atoms with E-state index >= 15 is 0 Å². The van der Waals surface area contributed by atoms with E-state index in [4.69, 9.17) is 31.2 Å². The van der Waals surface area contributed by atoms with Gasteiger partial charge in [0.25, 0.3) is 0 Å². The Bertz CT molecular complexity index is 1320. The first-order valence-electron chi connectivity index (χ1n) is 10.0. The maximum Gasteiger partial charge on any atom is 0.378 e. The molecule has 0 radical (unpaired) electrons. The van der Waals surface area contributed by atoms with Gasteiger partial charge in [-0.2, -0.15) is 0 Å². The number of anilines is 1. The zero-order chi connectivity index (χ0) is 22.1. The lowest BCUT2D eigenvalue weighted by atomic mass is 10.0. The van der Waals surface area contributed by atoms with Crippen LogP contribution in [0.1, 0.15) is 18.0 Å². The van der Waals surface area contributed by atoms with E-state index in [2.05, 4.69) is 5.59 Å². The molecule has 8 heteroatoms. The number of nitrogens with one attached hydrogen (secondary N) is 1. The molecular formula is C24H19ClN4O3. The fourth-order valence-electron chi connectivity index (χ4n) is 3.71. The second-order valence-electron chi connectivity index (χ2n) is 7.31. The third kappa shape index (κ3) is 3.84. The van der Waals surface area contributed by atoms with Crippen LogP contribution in [-0.2, 0) is 9.63 Å². The summed E-state index contributed by atoms with van der Waals surface area (Å²) in [5.74, 6) is 0.206. The van der Waals surface area contributed by atoms with Crippen molar-refractivity contribution in [3.05, 3.63) is 105 Å². The fraction of sp³-hybridized carbons (Fsp3) is 0.125. The van der Waals surface area contributed by atoms with Crippen LogP contribution in [0.25, 0.3) is 0 Å². The largest absolute Gasteiger partial charge is 0.497 e. The van der Waals surface area contributed by atoms with E-state index in [0.29, 0.717) is 39.6 Å². The molecule has 0 aromatic heterocycles. The molecule has 0 bridgehead atoms. The molecule has 3 aromatic rings. The lowest BCUT2D eigenvalue weighted by Gasteiger charge is -2.19. The van der Waals surface area contributed by atoms with Crippen LogP contribution in [0.5, 0.6) is 5.75 Å². The Balaban J connectivity index is 1.66. The first-order chi connectivity index (χ1) is 15.6. The van der Waals surface area contributed by atoms with Crippen LogP contribution < -0.4 is 26.0 Å². The summed E-state index contributed by atoms with van der Waals surface area (Å²) in [4.78, 5) is 27.7. The predicted octanol–water partition coefficient (Wildman–Crippen LogP) is 3.43. The van der Waals surface area contributed by atoms with E-state index in [9.17, 15) is 4.79 Å². The number of hydrogen-bond donors (Lipinski definition) is 1. The molecule has 5 rings (SSSR count). The highest BCUT2D eigenvalue weighted by atomic mass is 35.5. The number of halogens is 1. The van der Waals surface area contributed by atoms with Crippen molar-refractivity contribution in [2.24, 2.45) is 9.98 Å². The molecule has 0 aliphatic carbocycles. The van der Waals surface area contributed by atoms with Gasteiger partial charge in [0, 0.05) is 11.4 Å². The molecule has 0 spiro atoms. The minimum Gasteiger partial charge on any atom is -0.497 e. The summed E-state index contributed by atoms with van der Waals surface area (Å²) in [6, 6.07) is 22.2. The standard InChI is InChI=1S/C24H19ClN4O3/c1-31-18-12-10-17(11-13-18)29-23(24(30)32-28-29)22-14-21(15-6-8-16(25)9-7-15)26-19-4-2-3-5-20(19)27-22/h2-13,21,28H,14H2,1H3/b23-22+. The van der Waals surface area contributed by atoms with Crippen LogP contribution in [0.3, 0.4) is 0 Å². The Labute approximate surface area is 189 Å². The molecule has 1 saturated heterocycles. The van der Waals surface area contributed by atoms with Crippen LogP contribution in [0.15, 0.2) is 94.2 Å². The summed E-state index contributed by atoms with van der Waals surface area (Å²) in [5.41, 5.74) is 5.28. The Hall–Kier alpha value is -3.68. The summed E-state index contributed by atoms with van der Waals surface area (Å²) in [6.07, 6.45) is 0.412. The first kappa shape index (κ1) is 20.2. The molecule has 1 atom stereocenters. The molecule has 160 valence electrons. The molecular weight excluding hydrogens is 428 g/mol. The molecule has 1 fully saturated rings. The zero-order valence-electron chi connectivity index (χ0n) is 17.2. The molecule has 32 heavy (non-hydrogen) atoms. The van der Waals surface area contributed by atoms with Crippen molar-refractivity contribution in [3.8, 4) is 5.75 Å². The van der Waals surface area contributed by atoms with E-state index in [-0.39, 0.29) is 6.04 Å². The fourth-order valence-corrected chi connectivity index (χ4v) is 3.84. The summed E-state index contributed by atoms with van der Waals surface area (Å²) in [5, 5.41) is 3.70. The molecule has 2 heterocycles. The molecule has 3 aromatic carbocycles. The van der Waals surface area contributed by atoms with Crippen molar-refractivity contribution in [1.29, 1.82) is 0 Å².